The van der Waals surface area contributed by atoms with Gasteiger partial charge in [0.1, 0.15) is 0 Å². The summed E-state index contributed by atoms with van der Waals surface area (Å²) in [4.78, 5) is 17.4. The minimum Gasteiger partial charge on any atom is -0.493 e. The maximum absolute atomic E-state index is 11.0. The van der Waals surface area contributed by atoms with Crippen molar-refractivity contribution in [2.45, 2.75) is 13.0 Å². The average molecular weight is 456 g/mol. The Balaban J connectivity index is 0.00000107. The highest BCUT2D eigenvalue weighted by Gasteiger charge is 2.25. The average Bonchev–Trinajstić information content (AvgIpc) is 2.73. The van der Waals surface area contributed by atoms with Gasteiger partial charge in [-0.05, 0) is 19.1 Å². The molecule has 0 spiro atoms. The first-order chi connectivity index (χ1) is 14.7. The molecular weight excluding hydrogens is 426 g/mol. The summed E-state index contributed by atoms with van der Waals surface area (Å²) < 4.78 is 35.2. The predicted molar refractivity (Wildman–Crippen MR) is 118 cm³/mol. The Labute approximate surface area is 181 Å². The van der Waals surface area contributed by atoms with Crippen LogP contribution in [0.2, 0.25) is 0 Å². The number of fused-ring (bicyclic) bond motifs is 1. The number of aromatic nitrogens is 1. The molecule has 0 amide bonds. The molecule has 1 aromatic heterocycles. The normalized spacial score (nSPS) is 17.0. The third kappa shape index (κ3) is 6.66. The number of carboxylic acid groups (broad SMARTS) is 1. The molecule has 11 nitrogen and oxygen atoms in total. The summed E-state index contributed by atoms with van der Waals surface area (Å²) in [5.41, 5.74) is 1.95. The van der Waals surface area contributed by atoms with Crippen LogP contribution in [0.15, 0.2) is 24.4 Å². The smallest absolute Gasteiger partial charge is 0.290 e. The number of benzene rings is 1. The highest BCUT2D eigenvalue weighted by atomic mass is 32.2. The van der Waals surface area contributed by atoms with E-state index in [0.717, 1.165) is 36.2 Å². The molecule has 172 valence electrons. The van der Waals surface area contributed by atoms with Gasteiger partial charge in [0.15, 0.2) is 11.5 Å². The Morgan fingerprint density at radius 2 is 1.94 bits per heavy atom. The summed E-state index contributed by atoms with van der Waals surface area (Å²) in [5.74, 6) is 1.32. The van der Waals surface area contributed by atoms with Crippen molar-refractivity contribution in [2.24, 2.45) is 5.14 Å². The molecule has 2 aromatic rings. The van der Waals surface area contributed by atoms with Crippen LogP contribution in [0.4, 0.5) is 5.69 Å². The van der Waals surface area contributed by atoms with Crippen molar-refractivity contribution in [2.75, 3.05) is 51.8 Å². The van der Waals surface area contributed by atoms with Crippen LogP contribution in [0.5, 0.6) is 11.5 Å². The van der Waals surface area contributed by atoms with Crippen LogP contribution in [0.1, 0.15) is 6.92 Å². The van der Waals surface area contributed by atoms with E-state index >= 15 is 0 Å². The molecule has 1 aliphatic heterocycles. The standard InChI is InChI=1S/C18H27N5O4S.CH2O2/c1-13-12-23(9-8-22(13)7-6-21-28(19,24)25)16-4-5-20-15-11-18(27-3)17(26-2)10-14(15)16;2-1-3/h4-5,10-11,13,21H,6-9,12H2,1-3H3,(H2,19,24,25);1H,(H,2,3)/t13-;/m1./s1. The number of hydrogen-bond donors (Lipinski definition) is 3. The van der Waals surface area contributed by atoms with E-state index in [1.807, 2.05) is 18.2 Å². The molecule has 2 heterocycles. The maximum atomic E-state index is 11.0. The fourth-order valence-corrected chi connectivity index (χ4v) is 3.99. The Hall–Kier alpha value is -2.67. The van der Waals surface area contributed by atoms with E-state index in [1.165, 1.54) is 0 Å². The number of nitrogens with zero attached hydrogens (tertiary/aromatic N) is 3. The van der Waals surface area contributed by atoms with Crippen molar-refractivity contribution >= 4 is 33.3 Å². The SMILES string of the molecule is COc1cc2nccc(N3CCN(CCNS(N)(=O)=O)[C@H](C)C3)c2cc1OC.O=CO. The molecule has 12 heteroatoms. The Kier molecular flexibility index (Phi) is 8.80. The first-order valence-corrected chi connectivity index (χ1v) is 11.1. The van der Waals surface area contributed by atoms with Gasteiger partial charge in [-0.15, -0.1) is 0 Å². The second-order valence-corrected chi connectivity index (χ2v) is 8.31. The monoisotopic (exact) mass is 455 g/mol. The van der Waals surface area contributed by atoms with E-state index in [9.17, 15) is 8.42 Å². The summed E-state index contributed by atoms with van der Waals surface area (Å²) in [6.07, 6.45) is 1.80. The second-order valence-electron chi connectivity index (χ2n) is 6.93. The van der Waals surface area contributed by atoms with Gasteiger partial charge in [-0.3, -0.25) is 14.7 Å². The van der Waals surface area contributed by atoms with Gasteiger partial charge in [-0.25, -0.2) is 9.86 Å². The topological polar surface area (TPSA) is 147 Å². The minimum absolute atomic E-state index is 0.250. The van der Waals surface area contributed by atoms with E-state index in [4.69, 9.17) is 24.5 Å². The van der Waals surface area contributed by atoms with Crippen LogP contribution in [-0.4, -0.2) is 82.9 Å². The zero-order valence-electron chi connectivity index (χ0n) is 17.8. The molecule has 31 heavy (non-hydrogen) atoms. The second kappa shape index (κ2) is 11.1. The lowest BCUT2D eigenvalue weighted by Gasteiger charge is -2.41. The summed E-state index contributed by atoms with van der Waals surface area (Å²) in [6, 6.07) is 6.12. The van der Waals surface area contributed by atoms with Crippen LogP contribution >= 0.6 is 0 Å². The van der Waals surface area contributed by atoms with Crippen LogP contribution in [0, 0.1) is 0 Å². The van der Waals surface area contributed by atoms with E-state index in [2.05, 4.69) is 26.4 Å². The molecule has 0 aliphatic carbocycles. The summed E-state index contributed by atoms with van der Waals surface area (Å²) in [5, 5.41) is 12.9. The molecule has 0 unspecified atom stereocenters. The van der Waals surface area contributed by atoms with Gasteiger partial charge in [-0.1, -0.05) is 0 Å². The van der Waals surface area contributed by atoms with Crippen molar-refractivity contribution in [1.82, 2.24) is 14.6 Å². The lowest BCUT2D eigenvalue weighted by molar-refractivity contribution is -0.122. The Morgan fingerprint density at radius 1 is 1.29 bits per heavy atom. The number of nitrogens with two attached hydrogens (primary N) is 1. The van der Waals surface area contributed by atoms with E-state index in [0.29, 0.717) is 24.6 Å². The molecule has 1 atom stereocenters. The number of nitrogens with one attached hydrogen (secondary N) is 1. The lowest BCUT2D eigenvalue weighted by atomic mass is 10.1. The zero-order chi connectivity index (χ0) is 23.0. The van der Waals surface area contributed by atoms with Crippen molar-refractivity contribution in [3.05, 3.63) is 24.4 Å². The van der Waals surface area contributed by atoms with E-state index in [-0.39, 0.29) is 12.5 Å². The van der Waals surface area contributed by atoms with Gasteiger partial charge in [0, 0.05) is 62.1 Å². The number of methoxy groups -OCH3 is 2. The van der Waals surface area contributed by atoms with Crippen molar-refractivity contribution in [1.29, 1.82) is 0 Å². The number of rotatable bonds is 7. The van der Waals surface area contributed by atoms with Crippen LogP contribution in [0.3, 0.4) is 0 Å². The molecule has 0 saturated carbocycles. The van der Waals surface area contributed by atoms with Crippen molar-refractivity contribution in [3.63, 3.8) is 0 Å². The highest BCUT2D eigenvalue weighted by molar-refractivity contribution is 7.87. The number of pyridine rings is 1. The maximum Gasteiger partial charge on any atom is 0.290 e. The molecule has 1 saturated heterocycles. The highest BCUT2D eigenvalue weighted by Crippen LogP contribution is 2.36. The van der Waals surface area contributed by atoms with Gasteiger partial charge in [0.2, 0.25) is 0 Å². The number of anilines is 1. The largest absolute Gasteiger partial charge is 0.493 e. The molecule has 1 fully saturated rings. The van der Waals surface area contributed by atoms with Crippen LogP contribution < -0.4 is 24.2 Å². The number of ether oxygens (including phenoxy) is 2. The zero-order valence-corrected chi connectivity index (χ0v) is 18.6. The summed E-state index contributed by atoms with van der Waals surface area (Å²) in [7, 11) is -0.418. The quantitative estimate of drug-likeness (QED) is 0.500. The fourth-order valence-electron chi connectivity index (χ4n) is 3.61. The number of carbonyl (C=O) groups is 1. The number of hydrogen-bond acceptors (Lipinski definition) is 8. The molecule has 1 aromatic carbocycles. The fraction of sp³-hybridized carbons (Fsp3) is 0.474. The molecule has 1 aliphatic rings. The summed E-state index contributed by atoms with van der Waals surface area (Å²) in [6.45, 7) is 5.28. The summed E-state index contributed by atoms with van der Waals surface area (Å²) >= 11 is 0. The van der Waals surface area contributed by atoms with E-state index in [1.54, 1.807) is 20.4 Å². The van der Waals surface area contributed by atoms with Gasteiger partial charge >= 0.3 is 0 Å². The third-order valence-electron chi connectivity index (χ3n) is 5.03. The molecule has 4 N–H and O–H groups in total. The molecule has 0 bridgehead atoms. The van der Waals surface area contributed by atoms with Gasteiger partial charge in [0.25, 0.3) is 16.7 Å². The molecule has 0 radical (unpaired) electrons. The molecule has 3 rings (SSSR count). The van der Waals surface area contributed by atoms with Crippen LogP contribution in [-0.2, 0) is 15.0 Å². The minimum atomic E-state index is -3.65. The number of piperazine rings is 1. The Bertz CT molecular complexity index is 987. The molecular formula is C19H29N5O6S. The van der Waals surface area contributed by atoms with Crippen molar-refractivity contribution in [3.8, 4) is 11.5 Å². The van der Waals surface area contributed by atoms with Crippen molar-refractivity contribution < 1.29 is 27.8 Å². The Morgan fingerprint density at radius 3 is 2.52 bits per heavy atom. The lowest BCUT2D eigenvalue weighted by Crippen LogP contribution is -2.53. The first kappa shape index (κ1) is 24.6. The van der Waals surface area contributed by atoms with E-state index < -0.39 is 10.2 Å². The van der Waals surface area contributed by atoms with Gasteiger partial charge in [0.05, 0.1) is 19.7 Å². The first-order valence-electron chi connectivity index (χ1n) is 9.59. The van der Waals surface area contributed by atoms with Crippen LogP contribution in [0.25, 0.3) is 10.9 Å². The predicted octanol–water partition coefficient (Wildman–Crippen LogP) is 0.256. The van der Waals surface area contributed by atoms with Gasteiger partial charge in [-0.2, -0.15) is 8.42 Å². The third-order valence-corrected chi connectivity index (χ3v) is 5.64. The van der Waals surface area contributed by atoms with Gasteiger partial charge < -0.3 is 19.5 Å².